The molecule has 0 heterocycles. The highest BCUT2D eigenvalue weighted by molar-refractivity contribution is 7.90. The topological polar surface area (TPSA) is 72.5 Å². The van der Waals surface area contributed by atoms with Crippen molar-refractivity contribution in [1.82, 2.24) is 4.72 Å². The van der Waals surface area contributed by atoms with E-state index in [1.807, 2.05) is 0 Å². The van der Waals surface area contributed by atoms with Gasteiger partial charge in [-0.2, -0.15) is 17.9 Å². The fourth-order valence-corrected chi connectivity index (χ4v) is 1.79. The van der Waals surface area contributed by atoms with Crippen LogP contribution in [0.25, 0.3) is 0 Å². The Labute approximate surface area is 97.4 Å². The lowest BCUT2D eigenvalue weighted by Gasteiger charge is -2.22. The molecule has 0 rings (SSSR count). The summed E-state index contributed by atoms with van der Waals surface area (Å²) in [6.07, 6.45) is 0.320. The average Bonchev–Trinajstić information content (AvgIpc) is 2.22. The highest BCUT2D eigenvalue weighted by Gasteiger charge is 2.48. The van der Waals surface area contributed by atoms with Crippen molar-refractivity contribution >= 4 is 16.0 Å². The van der Waals surface area contributed by atoms with Crippen molar-refractivity contribution < 1.29 is 31.1 Å². The van der Waals surface area contributed by atoms with Gasteiger partial charge in [0.05, 0.1) is 7.11 Å². The zero-order chi connectivity index (χ0) is 13.9. The molecule has 0 spiro atoms. The van der Waals surface area contributed by atoms with Crippen LogP contribution in [-0.4, -0.2) is 33.0 Å². The normalized spacial score (nSPS) is 16.4. The van der Waals surface area contributed by atoms with E-state index in [1.54, 1.807) is 6.92 Å². The Bertz CT molecular complexity index is 365. The van der Waals surface area contributed by atoms with Gasteiger partial charge in [0.2, 0.25) is 0 Å². The number of alkyl halides is 3. The number of hydrogen-bond acceptors (Lipinski definition) is 4. The van der Waals surface area contributed by atoms with E-state index in [4.69, 9.17) is 0 Å². The molecule has 17 heavy (non-hydrogen) atoms. The summed E-state index contributed by atoms with van der Waals surface area (Å²) in [5.41, 5.74) is -5.45. The average molecular weight is 277 g/mol. The minimum absolute atomic E-state index is 0.320. The summed E-state index contributed by atoms with van der Waals surface area (Å²) < 4.78 is 63.7. The maximum Gasteiger partial charge on any atom is 0.511 e. The fraction of sp³-hybridized carbons (Fsp3) is 0.875. The minimum Gasteiger partial charge on any atom is -0.468 e. The molecule has 0 unspecified atom stereocenters. The highest BCUT2D eigenvalue weighted by atomic mass is 32.2. The molecule has 0 aromatic heterocycles. The summed E-state index contributed by atoms with van der Waals surface area (Å²) in [5, 5.41) is 0. The molecule has 0 amide bonds. The molecule has 5 nitrogen and oxygen atoms in total. The molecular weight excluding hydrogens is 263 g/mol. The standard InChI is InChI=1S/C8H14F3NO4S/c1-4-5(2)6(7(13)16-3)12-17(14,15)8(9,10)11/h5-6,12H,4H2,1-3H3/t5-,6+/m1/s1. The Balaban J connectivity index is 5.08. The predicted octanol–water partition coefficient (Wildman–Crippen LogP) is 1.01. The van der Waals surface area contributed by atoms with E-state index in [2.05, 4.69) is 4.74 Å². The smallest absolute Gasteiger partial charge is 0.468 e. The predicted molar refractivity (Wildman–Crippen MR) is 53.4 cm³/mol. The van der Waals surface area contributed by atoms with Crippen LogP contribution in [0.15, 0.2) is 0 Å². The Morgan fingerprint density at radius 3 is 2.18 bits per heavy atom. The molecule has 0 bridgehead atoms. The van der Waals surface area contributed by atoms with Gasteiger partial charge >= 0.3 is 21.5 Å². The molecule has 0 saturated heterocycles. The second kappa shape index (κ2) is 5.67. The van der Waals surface area contributed by atoms with Gasteiger partial charge < -0.3 is 4.74 Å². The molecule has 1 N–H and O–H groups in total. The van der Waals surface area contributed by atoms with Crippen LogP contribution in [0.2, 0.25) is 0 Å². The van der Waals surface area contributed by atoms with Gasteiger partial charge in [0.25, 0.3) is 0 Å². The maximum absolute atomic E-state index is 12.1. The van der Waals surface area contributed by atoms with Gasteiger partial charge in [0.1, 0.15) is 6.04 Å². The molecule has 0 saturated carbocycles. The van der Waals surface area contributed by atoms with Crippen LogP contribution < -0.4 is 4.72 Å². The lowest BCUT2D eigenvalue weighted by Crippen LogP contribution is -2.49. The minimum atomic E-state index is -5.56. The van der Waals surface area contributed by atoms with Crippen molar-refractivity contribution in [2.45, 2.75) is 31.8 Å². The second-order valence-corrected chi connectivity index (χ2v) is 5.16. The van der Waals surface area contributed by atoms with E-state index < -0.39 is 33.5 Å². The number of hydrogen-bond donors (Lipinski definition) is 1. The molecule has 0 aromatic carbocycles. The van der Waals surface area contributed by atoms with E-state index in [1.165, 1.54) is 11.6 Å². The lowest BCUT2D eigenvalue weighted by molar-refractivity contribution is -0.144. The summed E-state index contributed by atoms with van der Waals surface area (Å²) in [7, 11) is -4.59. The summed E-state index contributed by atoms with van der Waals surface area (Å²) in [4.78, 5) is 11.2. The van der Waals surface area contributed by atoms with Crippen LogP contribution in [0, 0.1) is 5.92 Å². The summed E-state index contributed by atoms with van der Waals surface area (Å²) in [6.45, 7) is 3.06. The van der Waals surface area contributed by atoms with Gasteiger partial charge in [0.15, 0.2) is 0 Å². The van der Waals surface area contributed by atoms with Crippen molar-refractivity contribution in [1.29, 1.82) is 0 Å². The number of nitrogens with one attached hydrogen (secondary N) is 1. The molecule has 0 aliphatic carbocycles. The molecule has 0 radical (unpaired) electrons. The first-order chi connectivity index (χ1) is 7.56. The molecule has 9 heteroatoms. The number of halogens is 3. The Kier molecular flexibility index (Phi) is 5.40. The molecule has 0 aliphatic heterocycles. The van der Waals surface area contributed by atoms with Crippen LogP contribution in [0.4, 0.5) is 13.2 Å². The van der Waals surface area contributed by atoms with Crippen molar-refractivity contribution in [2.24, 2.45) is 5.92 Å². The summed E-state index contributed by atoms with van der Waals surface area (Å²) in [5.74, 6) is -1.66. The number of methoxy groups -OCH3 is 1. The first-order valence-electron chi connectivity index (χ1n) is 4.73. The van der Waals surface area contributed by atoms with Gasteiger partial charge in [-0.25, -0.2) is 8.42 Å². The van der Waals surface area contributed by atoms with Crippen molar-refractivity contribution in [3.63, 3.8) is 0 Å². The molecule has 0 fully saturated rings. The fourth-order valence-electron chi connectivity index (χ4n) is 0.993. The van der Waals surface area contributed by atoms with E-state index in [9.17, 15) is 26.4 Å². The van der Waals surface area contributed by atoms with Crippen LogP contribution >= 0.6 is 0 Å². The van der Waals surface area contributed by atoms with Crippen LogP contribution in [0.3, 0.4) is 0 Å². The van der Waals surface area contributed by atoms with Gasteiger partial charge in [-0.1, -0.05) is 20.3 Å². The van der Waals surface area contributed by atoms with Gasteiger partial charge in [-0.3, -0.25) is 4.79 Å². The molecule has 102 valence electrons. The number of rotatable bonds is 5. The van der Waals surface area contributed by atoms with E-state index >= 15 is 0 Å². The number of esters is 1. The molecule has 0 aliphatic rings. The van der Waals surface area contributed by atoms with Gasteiger partial charge in [-0.15, -0.1) is 0 Å². The van der Waals surface area contributed by atoms with Crippen LogP contribution in [0.5, 0.6) is 0 Å². The second-order valence-electron chi connectivity index (χ2n) is 3.45. The van der Waals surface area contributed by atoms with Crippen molar-refractivity contribution in [2.75, 3.05) is 7.11 Å². The summed E-state index contributed by atoms with van der Waals surface area (Å²) in [6, 6.07) is -1.54. The molecular formula is C8H14F3NO4S. The summed E-state index contributed by atoms with van der Waals surface area (Å²) >= 11 is 0. The first kappa shape index (κ1) is 16.2. The third-order valence-corrected chi connectivity index (χ3v) is 3.43. The van der Waals surface area contributed by atoms with Crippen LogP contribution in [-0.2, 0) is 19.6 Å². The zero-order valence-electron chi connectivity index (χ0n) is 9.54. The number of carbonyl (C=O) groups is 1. The Morgan fingerprint density at radius 1 is 1.41 bits per heavy atom. The van der Waals surface area contributed by atoms with Gasteiger partial charge in [-0.05, 0) is 5.92 Å². The van der Waals surface area contributed by atoms with Crippen molar-refractivity contribution in [3.05, 3.63) is 0 Å². The van der Waals surface area contributed by atoms with E-state index in [0.717, 1.165) is 7.11 Å². The number of carbonyl (C=O) groups excluding carboxylic acids is 1. The highest BCUT2D eigenvalue weighted by Crippen LogP contribution is 2.23. The third kappa shape index (κ3) is 4.15. The van der Waals surface area contributed by atoms with E-state index in [0.29, 0.717) is 6.42 Å². The zero-order valence-corrected chi connectivity index (χ0v) is 10.4. The SMILES string of the molecule is CC[C@@H](C)[C@H](NS(=O)(=O)C(F)(F)F)C(=O)OC. The maximum atomic E-state index is 12.1. The Hall–Kier alpha value is -0.830. The Morgan fingerprint density at radius 2 is 1.88 bits per heavy atom. The number of sulfonamides is 1. The monoisotopic (exact) mass is 277 g/mol. The first-order valence-corrected chi connectivity index (χ1v) is 6.21. The van der Waals surface area contributed by atoms with Gasteiger partial charge in [0, 0.05) is 0 Å². The third-order valence-electron chi connectivity index (χ3n) is 2.25. The quantitative estimate of drug-likeness (QED) is 0.761. The van der Waals surface area contributed by atoms with E-state index in [-0.39, 0.29) is 0 Å². The molecule has 2 atom stereocenters. The van der Waals surface area contributed by atoms with Crippen LogP contribution in [0.1, 0.15) is 20.3 Å². The molecule has 0 aromatic rings. The lowest BCUT2D eigenvalue weighted by atomic mass is 10.0. The number of ether oxygens (including phenoxy) is 1. The van der Waals surface area contributed by atoms with Crippen molar-refractivity contribution in [3.8, 4) is 0 Å². The largest absolute Gasteiger partial charge is 0.511 e.